The summed E-state index contributed by atoms with van der Waals surface area (Å²) in [6.07, 6.45) is 0. The Kier molecular flexibility index (Phi) is 29.4. The zero-order chi connectivity index (χ0) is 12.9. The fourth-order valence-electron chi connectivity index (χ4n) is 0. The van der Waals surface area contributed by atoms with Gasteiger partial charge in [-0.1, -0.05) is 0 Å². The highest BCUT2D eigenvalue weighted by atomic mass is 16.1. The fourth-order valence-corrected chi connectivity index (χ4v) is 0. The van der Waals surface area contributed by atoms with Gasteiger partial charge in [-0.3, -0.25) is 14.4 Å². The highest BCUT2D eigenvalue weighted by Crippen LogP contribution is 1.52. The molecule has 0 atom stereocenters. The zero-order valence-electron chi connectivity index (χ0n) is 10.1. The molecule has 0 aromatic rings. The summed E-state index contributed by atoms with van der Waals surface area (Å²) in [7, 11) is 0. The number of carbonyl (C=O) groups is 3. The van der Waals surface area contributed by atoms with Crippen LogP contribution in [0.25, 0.3) is 0 Å². The first-order valence-corrected chi connectivity index (χ1v) is 4.40. The molecule has 0 rings (SSSR count). The van der Waals surface area contributed by atoms with Crippen molar-refractivity contribution in [2.24, 2.45) is 17.2 Å². The molecule has 8 N–H and O–H groups in total. The van der Waals surface area contributed by atoms with Crippen LogP contribution in [0.2, 0.25) is 0 Å². The Morgan fingerprint density at radius 1 is 0.688 bits per heavy atom. The van der Waals surface area contributed by atoms with Crippen molar-refractivity contribution in [3.63, 3.8) is 0 Å². The third kappa shape index (κ3) is 76.7. The van der Waals surface area contributed by atoms with Crippen LogP contribution in [0.5, 0.6) is 0 Å². The second-order valence-electron chi connectivity index (χ2n) is 2.72. The molecule has 0 aliphatic carbocycles. The molecule has 98 valence electrons. The zero-order valence-corrected chi connectivity index (χ0v) is 10.1. The van der Waals surface area contributed by atoms with Crippen molar-refractivity contribution in [1.29, 1.82) is 0 Å². The number of hydrogen-bond donors (Lipinski definition) is 3. The number of ketones is 3. The van der Waals surface area contributed by atoms with E-state index < -0.39 is 0 Å². The molecule has 0 aliphatic rings. The van der Waals surface area contributed by atoms with E-state index in [0.717, 1.165) is 0 Å². The molecule has 16 heavy (non-hydrogen) atoms. The first-order valence-electron chi connectivity index (χ1n) is 4.40. The number of rotatable bonds is 3. The van der Waals surface area contributed by atoms with Gasteiger partial charge < -0.3 is 22.7 Å². The molecule has 0 saturated carbocycles. The molecule has 0 spiro atoms. The quantitative estimate of drug-likeness (QED) is 0.503. The normalized spacial score (nSPS) is 7.12. The summed E-state index contributed by atoms with van der Waals surface area (Å²) in [5.74, 6) is 0.0972. The van der Waals surface area contributed by atoms with Gasteiger partial charge in [0.1, 0.15) is 17.3 Å². The summed E-state index contributed by atoms with van der Waals surface area (Å²) < 4.78 is 0. The standard InChI is InChI=1S/3C3H7NO.H2O/c3*1-3(5)2-4;/h3*2,4H2,1H3;1H2. The number of nitrogens with two attached hydrogens (primary N) is 3. The predicted molar refractivity (Wildman–Crippen MR) is 62.8 cm³/mol. The van der Waals surface area contributed by atoms with Crippen LogP contribution in [-0.4, -0.2) is 42.5 Å². The van der Waals surface area contributed by atoms with Crippen LogP contribution < -0.4 is 17.2 Å². The van der Waals surface area contributed by atoms with Gasteiger partial charge in [0.15, 0.2) is 0 Å². The monoisotopic (exact) mass is 237 g/mol. The molecule has 7 nitrogen and oxygen atoms in total. The summed E-state index contributed by atoms with van der Waals surface area (Å²) >= 11 is 0. The summed E-state index contributed by atoms with van der Waals surface area (Å²) in [5.41, 5.74) is 14.5. The van der Waals surface area contributed by atoms with Gasteiger partial charge in [0.25, 0.3) is 0 Å². The van der Waals surface area contributed by atoms with E-state index in [9.17, 15) is 14.4 Å². The average molecular weight is 237 g/mol. The lowest BCUT2D eigenvalue weighted by Gasteiger charge is -1.73. The van der Waals surface area contributed by atoms with Gasteiger partial charge in [0.05, 0.1) is 19.6 Å². The van der Waals surface area contributed by atoms with E-state index in [2.05, 4.69) is 0 Å². The predicted octanol–water partition coefficient (Wildman–Crippen LogP) is -2.22. The van der Waals surface area contributed by atoms with Gasteiger partial charge in [0, 0.05) is 0 Å². The van der Waals surface area contributed by atoms with Crippen molar-refractivity contribution in [3.05, 3.63) is 0 Å². The summed E-state index contributed by atoms with van der Waals surface area (Å²) in [4.78, 5) is 29.1. The molecule has 0 fully saturated rings. The topological polar surface area (TPSA) is 161 Å². The van der Waals surface area contributed by atoms with Crippen molar-refractivity contribution in [3.8, 4) is 0 Å². The maximum atomic E-state index is 9.69. The minimum absolute atomic E-state index is 0. The van der Waals surface area contributed by atoms with E-state index in [0.29, 0.717) is 0 Å². The fraction of sp³-hybridized carbons (Fsp3) is 0.667. The molecule has 0 bridgehead atoms. The Morgan fingerprint density at radius 3 is 0.750 bits per heavy atom. The van der Waals surface area contributed by atoms with Crippen LogP contribution in [0, 0.1) is 0 Å². The largest absolute Gasteiger partial charge is 0.412 e. The smallest absolute Gasteiger partial charge is 0.143 e. The Morgan fingerprint density at radius 2 is 0.750 bits per heavy atom. The van der Waals surface area contributed by atoms with Gasteiger partial charge in [0.2, 0.25) is 0 Å². The van der Waals surface area contributed by atoms with E-state index in [1.165, 1.54) is 20.8 Å². The van der Waals surface area contributed by atoms with E-state index in [-0.39, 0.29) is 42.5 Å². The SMILES string of the molecule is CC(=O)CN.CC(=O)CN.CC(=O)CN.O. The highest BCUT2D eigenvalue weighted by molar-refractivity contribution is 5.77. The van der Waals surface area contributed by atoms with E-state index in [1.807, 2.05) is 0 Å². The molecule has 0 unspecified atom stereocenters. The molecule has 0 radical (unpaired) electrons. The van der Waals surface area contributed by atoms with Crippen LogP contribution in [0.1, 0.15) is 20.8 Å². The highest BCUT2D eigenvalue weighted by Gasteiger charge is 1.77. The van der Waals surface area contributed by atoms with Gasteiger partial charge in [-0.05, 0) is 20.8 Å². The Balaban J connectivity index is -0.0000000655. The number of Topliss-reactive ketones (excluding diaryl/α,β-unsaturated/α-hetero) is 3. The maximum absolute atomic E-state index is 9.69. The molecule has 0 amide bonds. The van der Waals surface area contributed by atoms with Gasteiger partial charge in [-0.25, -0.2) is 0 Å². The molecular weight excluding hydrogens is 214 g/mol. The third-order valence-corrected chi connectivity index (χ3v) is 0.862. The second-order valence-corrected chi connectivity index (χ2v) is 2.72. The molecule has 0 heterocycles. The minimum Gasteiger partial charge on any atom is -0.412 e. The Hall–Kier alpha value is -1.15. The molecule has 7 heteroatoms. The van der Waals surface area contributed by atoms with E-state index in [1.54, 1.807) is 0 Å². The molecule has 0 saturated heterocycles. The maximum Gasteiger partial charge on any atom is 0.143 e. The van der Waals surface area contributed by atoms with E-state index in [4.69, 9.17) is 17.2 Å². The minimum atomic E-state index is 0. The lowest BCUT2D eigenvalue weighted by molar-refractivity contribution is -0.116. The molecule has 0 aliphatic heterocycles. The first-order chi connectivity index (χ1) is 6.81. The summed E-state index contributed by atoms with van der Waals surface area (Å²) in [6.45, 7) is 4.88. The molecule has 0 aromatic carbocycles. The Labute approximate surface area is 95.7 Å². The van der Waals surface area contributed by atoms with Gasteiger partial charge in [-0.2, -0.15) is 0 Å². The van der Waals surface area contributed by atoms with Gasteiger partial charge in [-0.15, -0.1) is 0 Å². The van der Waals surface area contributed by atoms with Crippen LogP contribution in [0.15, 0.2) is 0 Å². The van der Waals surface area contributed by atoms with Crippen molar-refractivity contribution in [2.45, 2.75) is 20.8 Å². The average Bonchev–Trinajstić information content (AvgIpc) is 2.19. The van der Waals surface area contributed by atoms with Crippen LogP contribution in [0.4, 0.5) is 0 Å². The van der Waals surface area contributed by atoms with Crippen LogP contribution >= 0.6 is 0 Å². The van der Waals surface area contributed by atoms with E-state index >= 15 is 0 Å². The lowest BCUT2D eigenvalue weighted by atomic mass is 10.5. The lowest BCUT2D eigenvalue weighted by Crippen LogP contribution is -2.07. The number of carbonyl (C=O) groups excluding carboxylic acids is 3. The molecular formula is C9H23N3O4. The summed E-state index contributed by atoms with van der Waals surface area (Å²) in [6, 6.07) is 0. The van der Waals surface area contributed by atoms with Crippen molar-refractivity contribution in [1.82, 2.24) is 0 Å². The van der Waals surface area contributed by atoms with Crippen LogP contribution in [0.3, 0.4) is 0 Å². The summed E-state index contributed by atoms with van der Waals surface area (Å²) in [5, 5.41) is 0. The first kappa shape index (κ1) is 24.2. The Bertz CT molecular complexity index is 162. The van der Waals surface area contributed by atoms with Gasteiger partial charge >= 0.3 is 0 Å². The molecule has 0 aromatic heterocycles. The second kappa shape index (κ2) is 19.4. The van der Waals surface area contributed by atoms with Crippen molar-refractivity contribution < 1.29 is 19.9 Å². The van der Waals surface area contributed by atoms with Crippen molar-refractivity contribution in [2.75, 3.05) is 19.6 Å². The van der Waals surface area contributed by atoms with Crippen molar-refractivity contribution >= 4 is 17.3 Å². The third-order valence-electron chi connectivity index (χ3n) is 0.862. The van der Waals surface area contributed by atoms with Crippen LogP contribution in [-0.2, 0) is 14.4 Å². The number of hydrogen-bond acceptors (Lipinski definition) is 6.